The molecule has 0 saturated carbocycles. The van der Waals surface area contributed by atoms with E-state index in [4.69, 9.17) is 0 Å². The van der Waals surface area contributed by atoms with Crippen molar-refractivity contribution in [2.75, 3.05) is 0 Å². The molecule has 0 fully saturated rings. The summed E-state index contributed by atoms with van der Waals surface area (Å²) in [5.41, 5.74) is 0. The summed E-state index contributed by atoms with van der Waals surface area (Å²) >= 11 is 2.58. The molecule has 48 valence electrons. The first-order valence-electron chi connectivity index (χ1n) is 1.12. The molecule has 0 rings (SSSR count). The fourth-order valence-corrected chi connectivity index (χ4v) is 0. The SMILES string of the molecule is C[CH2][Al+2].[Cl-].[Cl-].[Cl-].[Cu+]. The average molecular weight is 226 g/mol. The molecule has 0 saturated heterocycles. The van der Waals surface area contributed by atoms with Gasteiger partial charge in [0.2, 0.25) is 0 Å². The molecule has 0 aromatic rings. The monoisotopic (exact) mass is 224 g/mol. The van der Waals surface area contributed by atoms with Crippen molar-refractivity contribution in [3.05, 3.63) is 0 Å². The zero-order chi connectivity index (χ0) is 2.71. The minimum Gasteiger partial charge on any atom is -1.00 e. The van der Waals surface area contributed by atoms with E-state index in [-0.39, 0.29) is 54.3 Å². The van der Waals surface area contributed by atoms with Crippen molar-refractivity contribution in [2.24, 2.45) is 0 Å². The molecule has 0 atom stereocenters. The predicted molar refractivity (Wildman–Crippen MR) is 16.2 cm³/mol. The number of hydrogen-bond acceptors (Lipinski definition) is 0. The average Bonchev–Trinajstić information content (AvgIpc) is 0.918. The van der Waals surface area contributed by atoms with E-state index in [0.717, 1.165) is 0 Å². The maximum absolute atomic E-state index is 2.58. The minimum atomic E-state index is 0. The molecule has 7 heavy (non-hydrogen) atoms. The summed E-state index contributed by atoms with van der Waals surface area (Å²) in [6, 6.07) is 0. The van der Waals surface area contributed by atoms with E-state index in [9.17, 15) is 0 Å². The molecule has 0 nitrogen and oxygen atoms in total. The molecule has 0 aliphatic carbocycles. The Morgan fingerprint density at radius 2 is 1.14 bits per heavy atom. The molecule has 0 spiro atoms. The van der Waals surface area contributed by atoms with Crippen LogP contribution in [0.15, 0.2) is 0 Å². The second-order valence-corrected chi connectivity index (χ2v) is 1.22. The Morgan fingerprint density at radius 3 is 1.14 bits per heavy atom. The van der Waals surface area contributed by atoms with Crippen molar-refractivity contribution in [2.45, 2.75) is 12.2 Å². The Hall–Kier alpha value is 1.92. The van der Waals surface area contributed by atoms with Crippen molar-refractivity contribution >= 4 is 16.3 Å². The van der Waals surface area contributed by atoms with Gasteiger partial charge < -0.3 is 37.2 Å². The van der Waals surface area contributed by atoms with Crippen LogP contribution in [0.2, 0.25) is 5.28 Å². The van der Waals surface area contributed by atoms with Gasteiger partial charge in [-0.25, -0.2) is 0 Å². The molecule has 0 N–H and O–H groups in total. The second-order valence-electron chi connectivity index (χ2n) is 0.408. The first-order chi connectivity index (χ1) is 1.41. The van der Waals surface area contributed by atoms with Gasteiger partial charge in [0.15, 0.2) is 0 Å². The summed E-state index contributed by atoms with van der Waals surface area (Å²) in [6.45, 7) is 2.09. The van der Waals surface area contributed by atoms with Crippen molar-refractivity contribution in [1.29, 1.82) is 0 Å². The fraction of sp³-hybridized carbons (Fsp3) is 1.00. The van der Waals surface area contributed by atoms with E-state index >= 15 is 0 Å². The summed E-state index contributed by atoms with van der Waals surface area (Å²) < 4.78 is 0. The number of rotatable bonds is 0. The summed E-state index contributed by atoms with van der Waals surface area (Å²) in [4.78, 5) is 0. The Morgan fingerprint density at radius 1 is 1.14 bits per heavy atom. The Bertz CT molecular complexity index is 12.9. The normalized spacial score (nSPS) is 2.71. The van der Waals surface area contributed by atoms with Crippen LogP contribution in [-0.4, -0.2) is 16.3 Å². The van der Waals surface area contributed by atoms with Gasteiger partial charge in [0.1, 0.15) is 0 Å². The van der Waals surface area contributed by atoms with E-state index in [1.54, 1.807) is 0 Å². The third-order valence-corrected chi connectivity index (χ3v) is 0. The Labute approximate surface area is 82.3 Å². The van der Waals surface area contributed by atoms with Crippen LogP contribution in [0, 0.1) is 0 Å². The molecule has 0 amide bonds. The molecule has 0 radical (unpaired) electrons. The second kappa shape index (κ2) is 44.5. The summed E-state index contributed by atoms with van der Waals surface area (Å²) in [7, 11) is 0. The van der Waals surface area contributed by atoms with Gasteiger partial charge in [0, 0.05) is 0 Å². The van der Waals surface area contributed by atoms with E-state index in [0.29, 0.717) is 0 Å². The first kappa shape index (κ1) is 36.4. The number of hydrogen-bond donors (Lipinski definition) is 0. The molecule has 5 heteroatoms. The van der Waals surface area contributed by atoms with E-state index < -0.39 is 0 Å². The summed E-state index contributed by atoms with van der Waals surface area (Å²) in [6.07, 6.45) is 0. The molecule has 0 bridgehead atoms. The molecular weight excluding hydrogens is 221 g/mol. The predicted octanol–water partition coefficient (Wildman–Crippen LogP) is -8.40. The van der Waals surface area contributed by atoms with Gasteiger partial charge in [0.05, 0.1) is 0 Å². The van der Waals surface area contributed by atoms with Crippen molar-refractivity contribution in [3.63, 3.8) is 0 Å². The molecule has 0 aliphatic heterocycles. The third kappa shape index (κ3) is 75.2. The Balaban J connectivity index is -0.00000000333. The standard InChI is InChI=1S/C2H5.Al.3ClH.Cu/c1-2;;;;;/h1H2,2H3;;3*1H;/q;+2;;;;+1/p-3. The number of halogens is 3. The van der Waals surface area contributed by atoms with Crippen LogP contribution >= 0.6 is 0 Å². The molecule has 0 aromatic heterocycles. The van der Waals surface area contributed by atoms with Crippen molar-refractivity contribution in [1.82, 2.24) is 0 Å². The van der Waals surface area contributed by atoms with E-state index in [1.807, 2.05) is 0 Å². The van der Waals surface area contributed by atoms with Crippen LogP contribution in [0.3, 0.4) is 0 Å². The zero-order valence-corrected chi connectivity index (χ0v) is 8.08. The Kier molecular flexibility index (Phi) is 231. The van der Waals surface area contributed by atoms with Gasteiger partial charge in [-0.15, -0.1) is 0 Å². The molecular formula is C2H5AlCl3Cu. The van der Waals surface area contributed by atoms with Crippen LogP contribution < -0.4 is 37.2 Å². The topological polar surface area (TPSA) is 0 Å². The summed E-state index contributed by atoms with van der Waals surface area (Å²) in [5.74, 6) is 0. The van der Waals surface area contributed by atoms with Crippen molar-refractivity contribution < 1.29 is 54.3 Å². The molecule has 0 heterocycles. The van der Waals surface area contributed by atoms with Crippen LogP contribution in [-0.2, 0) is 17.1 Å². The zero-order valence-electron chi connectivity index (χ0n) is 3.72. The third-order valence-electron chi connectivity index (χ3n) is 0. The molecule has 0 aliphatic rings. The van der Waals surface area contributed by atoms with Crippen LogP contribution in [0.1, 0.15) is 6.92 Å². The first-order valence-corrected chi connectivity index (χ1v) is 1.93. The molecule has 0 unspecified atom stereocenters. The van der Waals surface area contributed by atoms with Gasteiger partial charge >= 0.3 is 45.6 Å². The van der Waals surface area contributed by atoms with Crippen LogP contribution in [0.4, 0.5) is 0 Å². The minimum absolute atomic E-state index is 0. The smallest absolute Gasteiger partial charge is 1.00 e. The van der Waals surface area contributed by atoms with Crippen molar-refractivity contribution in [3.8, 4) is 0 Å². The van der Waals surface area contributed by atoms with E-state index in [1.165, 1.54) is 5.28 Å². The van der Waals surface area contributed by atoms with E-state index in [2.05, 4.69) is 23.2 Å². The quantitative estimate of drug-likeness (QED) is 0.360. The van der Waals surface area contributed by atoms with Gasteiger partial charge in [-0.3, -0.25) is 0 Å². The van der Waals surface area contributed by atoms with Gasteiger partial charge in [-0.2, -0.15) is 0 Å². The van der Waals surface area contributed by atoms with Gasteiger partial charge in [-0.1, -0.05) is 0 Å². The fourth-order valence-electron chi connectivity index (χ4n) is 0. The maximum Gasteiger partial charge on any atom is 1.00 e. The summed E-state index contributed by atoms with van der Waals surface area (Å²) in [5, 5.41) is 1.17. The van der Waals surface area contributed by atoms with Crippen LogP contribution in [0.25, 0.3) is 0 Å². The van der Waals surface area contributed by atoms with Gasteiger partial charge in [0.25, 0.3) is 0 Å². The largest absolute Gasteiger partial charge is 1.00 e. The van der Waals surface area contributed by atoms with Crippen LogP contribution in [0.5, 0.6) is 0 Å². The van der Waals surface area contributed by atoms with Gasteiger partial charge in [-0.05, 0) is 0 Å². The molecule has 0 aromatic carbocycles. The maximum atomic E-state index is 2.58.